The number of rotatable bonds is 6. The number of benzene rings is 1. The molecule has 10 nitrogen and oxygen atoms in total. The summed E-state index contributed by atoms with van der Waals surface area (Å²) < 4.78 is 4.99. The fourth-order valence-electron chi connectivity index (χ4n) is 2.17. The molecule has 1 amide bonds. The SMILES string of the molecule is CN(CCC(=O)O)C(=O)CN1CC(=O)Oc2cc([N+](=O)[O-])ccc21. The Hall–Kier alpha value is -3.17. The van der Waals surface area contributed by atoms with Crippen molar-refractivity contribution in [3.05, 3.63) is 28.3 Å². The third-order valence-electron chi connectivity index (χ3n) is 3.45. The molecule has 10 heteroatoms. The molecule has 128 valence electrons. The summed E-state index contributed by atoms with van der Waals surface area (Å²) in [6.07, 6.45) is -0.187. The number of fused-ring (bicyclic) bond motifs is 1. The van der Waals surface area contributed by atoms with Crippen molar-refractivity contribution in [2.45, 2.75) is 6.42 Å². The molecular weight excluding hydrogens is 322 g/mol. The van der Waals surface area contributed by atoms with Crippen molar-refractivity contribution in [2.75, 3.05) is 31.6 Å². The van der Waals surface area contributed by atoms with Gasteiger partial charge in [-0.15, -0.1) is 0 Å². The lowest BCUT2D eigenvalue weighted by molar-refractivity contribution is -0.384. The van der Waals surface area contributed by atoms with Crippen molar-refractivity contribution < 1.29 is 29.2 Å². The van der Waals surface area contributed by atoms with Gasteiger partial charge in [0, 0.05) is 19.7 Å². The van der Waals surface area contributed by atoms with E-state index in [9.17, 15) is 24.5 Å². The molecule has 0 fully saturated rings. The van der Waals surface area contributed by atoms with Crippen molar-refractivity contribution >= 4 is 29.2 Å². The fourth-order valence-corrected chi connectivity index (χ4v) is 2.17. The minimum absolute atomic E-state index is 0.0152. The summed E-state index contributed by atoms with van der Waals surface area (Å²) in [7, 11) is 1.46. The number of carboxylic acid groups (broad SMARTS) is 1. The number of carboxylic acids is 1. The van der Waals surface area contributed by atoms with Crippen LogP contribution in [0.5, 0.6) is 5.75 Å². The molecule has 0 radical (unpaired) electrons. The van der Waals surface area contributed by atoms with Gasteiger partial charge >= 0.3 is 11.9 Å². The fraction of sp³-hybridized carbons (Fsp3) is 0.357. The summed E-state index contributed by atoms with van der Waals surface area (Å²) in [5, 5.41) is 19.4. The Morgan fingerprint density at radius 1 is 1.46 bits per heavy atom. The van der Waals surface area contributed by atoms with Gasteiger partial charge in [0.05, 0.1) is 29.6 Å². The Morgan fingerprint density at radius 2 is 2.17 bits per heavy atom. The Balaban J connectivity index is 2.14. The average Bonchev–Trinajstić information content (AvgIpc) is 2.51. The molecule has 1 aromatic rings. The van der Waals surface area contributed by atoms with Crippen LogP contribution >= 0.6 is 0 Å². The van der Waals surface area contributed by atoms with Crippen molar-refractivity contribution in [2.24, 2.45) is 0 Å². The third kappa shape index (κ3) is 3.97. The maximum Gasteiger partial charge on any atom is 0.331 e. The van der Waals surface area contributed by atoms with Gasteiger partial charge in [0.1, 0.15) is 6.54 Å². The van der Waals surface area contributed by atoms with E-state index >= 15 is 0 Å². The quantitative estimate of drug-likeness (QED) is 0.338. The van der Waals surface area contributed by atoms with Gasteiger partial charge in [0.2, 0.25) is 5.91 Å². The van der Waals surface area contributed by atoms with Gasteiger partial charge in [-0.05, 0) is 6.07 Å². The Bertz CT molecular complexity index is 704. The Labute approximate surface area is 136 Å². The molecule has 1 aromatic carbocycles. The first-order chi connectivity index (χ1) is 11.3. The molecule has 0 bridgehead atoms. The van der Waals surface area contributed by atoms with Gasteiger partial charge in [-0.25, -0.2) is 4.79 Å². The number of ether oxygens (including phenoxy) is 1. The van der Waals surface area contributed by atoms with E-state index in [1.807, 2.05) is 0 Å². The normalized spacial score (nSPS) is 13.0. The highest BCUT2D eigenvalue weighted by Crippen LogP contribution is 2.35. The highest BCUT2D eigenvalue weighted by molar-refractivity contribution is 5.89. The minimum atomic E-state index is -1.02. The molecule has 1 aliphatic heterocycles. The number of aliphatic carboxylic acids is 1. The third-order valence-corrected chi connectivity index (χ3v) is 3.45. The predicted octanol–water partition coefficient (Wildman–Crippen LogP) is 0.253. The van der Waals surface area contributed by atoms with Crippen LogP contribution in [0.25, 0.3) is 0 Å². The highest BCUT2D eigenvalue weighted by Gasteiger charge is 2.28. The number of anilines is 1. The van der Waals surface area contributed by atoms with Crippen LogP contribution in [0.2, 0.25) is 0 Å². The van der Waals surface area contributed by atoms with Crippen LogP contribution in [0.3, 0.4) is 0 Å². The zero-order chi connectivity index (χ0) is 17.9. The lowest BCUT2D eigenvalue weighted by atomic mass is 10.2. The molecule has 0 spiro atoms. The predicted molar refractivity (Wildman–Crippen MR) is 80.8 cm³/mol. The topological polar surface area (TPSA) is 130 Å². The summed E-state index contributed by atoms with van der Waals surface area (Å²) in [6, 6.07) is 3.78. The monoisotopic (exact) mass is 337 g/mol. The summed E-state index contributed by atoms with van der Waals surface area (Å²) >= 11 is 0. The molecule has 1 heterocycles. The van der Waals surface area contributed by atoms with Crippen molar-refractivity contribution in [1.82, 2.24) is 4.90 Å². The zero-order valence-electron chi connectivity index (χ0n) is 12.8. The van der Waals surface area contributed by atoms with Crippen LogP contribution in [0.1, 0.15) is 6.42 Å². The average molecular weight is 337 g/mol. The molecule has 1 aliphatic rings. The Morgan fingerprint density at radius 3 is 2.79 bits per heavy atom. The standard InChI is InChI=1S/C14H15N3O7/c1-15(5-4-13(19)20)12(18)7-16-8-14(21)24-11-6-9(17(22)23)2-3-10(11)16/h2-3,6H,4-5,7-8H2,1H3,(H,19,20). The van der Waals surface area contributed by atoms with E-state index in [1.54, 1.807) is 0 Å². The molecule has 0 aromatic heterocycles. The van der Waals surface area contributed by atoms with E-state index in [4.69, 9.17) is 9.84 Å². The van der Waals surface area contributed by atoms with Gasteiger partial charge in [0.25, 0.3) is 5.69 Å². The second-order valence-electron chi connectivity index (χ2n) is 5.20. The highest BCUT2D eigenvalue weighted by atomic mass is 16.6. The van der Waals surface area contributed by atoms with E-state index in [2.05, 4.69) is 0 Å². The molecule has 0 aliphatic carbocycles. The maximum atomic E-state index is 12.1. The van der Waals surface area contributed by atoms with E-state index in [-0.39, 0.29) is 43.4 Å². The van der Waals surface area contributed by atoms with Crippen molar-refractivity contribution in [3.8, 4) is 5.75 Å². The number of esters is 1. The minimum Gasteiger partial charge on any atom is -0.481 e. The number of nitro groups is 1. The van der Waals surface area contributed by atoms with Crippen molar-refractivity contribution in [3.63, 3.8) is 0 Å². The van der Waals surface area contributed by atoms with Gasteiger partial charge < -0.3 is 19.6 Å². The van der Waals surface area contributed by atoms with Crippen LogP contribution in [0.4, 0.5) is 11.4 Å². The zero-order valence-corrected chi connectivity index (χ0v) is 12.8. The molecule has 2 rings (SSSR count). The van der Waals surface area contributed by atoms with E-state index in [1.165, 1.54) is 29.0 Å². The lowest BCUT2D eigenvalue weighted by Gasteiger charge is -2.30. The number of hydrogen-bond acceptors (Lipinski definition) is 7. The number of likely N-dealkylation sites (N-methyl/N-ethyl adjacent to an activating group) is 1. The van der Waals surface area contributed by atoms with E-state index < -0.39 is 16.9 Å². The van der Waals surface area contributed by atoms with Gasteiger partial charge in [-0.1, -0.05) is 0 Å². The van der Waals surface area contributed by atoms with Crippen molar-refractivity contribution in [1.29, 1.82) is 0 Å². The van der Waals surface area contributed by atoms with E-state index in [0.29, 0.717) is 5.69 Å². The summed E-state index contributed by atoms with van der Waals surface area (Å²) in [5.41, 5.74) is 0.161. The molecule has 1 N–H and O–H groups in total. The number of carbonyl (C=O) groups excluding carboxylic acids is 2. The molecule has 24 heavy (non-hydrogen) atoms. The lowest BCUT2D eigenvalue weighted by Crippen LogP contribution is -2.44. The number of carbonyl (C=O) groups is 3. The van der Waals surface area contributed by atoms with Crippen LogP contribution in [-0.2, 0) is 14.4 Å². The molecule has 0 unspecified atom stereocenters. The Kier molecular flexibility index (Phi) is 4.97. The van der Waals surface area contributed by atoms with Crippen LogP contribution < -0.4 is 9.64 Å². The molecule has 0 saturated heterocycles. The number of hydrogen-bond donors (Lipinski definition) is 1. The van der Waals surface area contributed by atoms with Crippen LogP contribution in [0, 0.1) is 10.1 Å². The summed E-state index contributed by atoms with van der Waals surface area (Å²) in [6.45, 7) is -0.307. The van der Waals surface area contributed by atoms with Crippen LogP contribution in [-0.4, -0.2) is 59.5 Å². The second kappa shape index (κ2) is 6.94. The number of non-ortho nitro benzene ring substituents is 1. The summed E-state index contributed by atoms with van der Waals surface area (Å²) in [5.74, 6) is -2.02. The number of amides is 1. The summed E-state index contributed by atoms with van der Waals surface area (Å²) in [4.78, 5) is 47.2. The second-order valence-corrected chi connectivity index (χ2v) is 5.20. The van der Waals surface area contributed by atoms with E-state index in [0.717, 1.165) is 6.07 Å². The largest absolute Gasteiger partial charge is 0.481 e. The molecule has 0 atom stereocenters. The maximum absolute atomic E-state index is 12.1. The smallest absolute Gasteiger partial charge is 0.331 e. The molecular formula is C14H15N3O7. The van der Waals surface area contributed by atoms with Crippen LogP contribution in [0.15, 0.2) is 18.2 Å². The van der Waals surface area contributed by atoms with Gasteiger partial charge in [-0.3, -0.25) is 19.7 Å². The molecule has 0 saturated carbocycles. The first kappa shape index (κ1) is 17.2. The first-order valence-corrected chi connectivity index (χ1v) is 6.97. The van der Waals surface area contributed by atoms with Gasteiger partial charge in [-0.2, -0.15) is 0 Å². The number of nitrogens with zero attached hydrogens (tertiary/aromatic N) is 3. The first-order valence-electron chi connectivity index (χ1n) is 6.97. The van der Waals surface area contributed by atoms with Gasteiger partial charge in [0.15, 0.2) is 5.75 Å². The number of nitro benzene ring substituents is 1.